The molecule has 1 N–H and O–H groups in total. The van der Waals surface area contributed by atoms with E-state index in [1.54, 1.807) is 35.6 Å². The summed E-state index contributed by atoms with van der Waals surface area (Å²) >= 11 is 7.38. The van der Waals surface area contributed by atoms with Gasteiger partial charge in [-0.2, -0.15) is 0 Å². The average molecular weight is 318 g/mol. The Kier molecular flexibility index (Phi) is 3.86. The SMILES string of the molecule is Cc1csc2ncnc(CC(=O)Nc3ccc(Cl)cc3)c12. The summed E-state index contributed by atoms with van der Waals surface area (Å²) in [6.45, 7) is 2.00. The fourth-order valence-electron chi connectivity index (χ4n) is 2.12. The van der Waals surface area contributed by atoms with Gasteiger partial charge in [-0.1, -0.05) is 11.6 Å². The molecule has 3 rings (SSSR count). The molecule has 4 nitrogen and oxygen atoms in total. The molecule has 0 aliphatic carbocycles. The minimum absolute atomic E-state index is 0.108. The zero-order valence-electron chi connectivity index (χ0n) is 11.3. The van der Waals surface area contributed by atoms with Crippen molar-refractivity contribution in [1.29, 1.82) is 0 Å². The number of benzene rings is 1. The van der Waals surface area contributed by atoms with Gasteiger partial charge in [0.05, 0.1) is 12.1 Å². The van der Waals surface area contributed by atoms with Crippen LogP contribution >= 0.6 is 22.9 Å². The van der Waals surface area contributed by atoms with Crippen molar-refractivity contribution in [2.24, 2.45) is 0 Å². The first-order valence-electron chi connectivity index (χ1n) is 6.36. The number of thiophene rings is 1. The molecule has 106 valence electrons. The molecule has 0 bridgehead atoms. The van der Waals surface area contributed by atoms with Gasteiger partial charge < -0.3 is 5.32 Å². The Hall–Kier alpha value is -1.98. The summed E-state index contributed by atoms with van der Waals surface area (Å²) in [6.07, 6.45) is 1.72. The number of aryl methyl sites for hydroxylation is 1. The van der Waals surface area contributed by atoms with E-state index in [0.717, 1.165) is 27.2 Å². The van der Waals surface area contributed by atoms with E-state index in [4.69, 9.17) is 11.6 Å². The van der Waals surface area contributed by atoms with Crippen LogP contribution in [0.5, 0.6) is 0 Å². The molecular formula is C15H12ClN3OS. The van der Waals surface area contributed by atoms with Crippen molar-refractivity contribution in [2.75, 3.05) is 5.32 Å². The van der Waals surface area contributed by atoms with Gasteiger partial charge in [0, 0.05) is 16.1 Å². The number of carbonyl (C=O) groups is 1. The van der Waals surface area contributed by atoms with Gasteiger partial charge in [0.1, 0.15) is 11.2 Å². The number of aromatic nitrogens is 2. The summed E-state index contributed by atoms with van der Waals surface area (Å²) in [7, 11) is 0. The lowest BCUT2D eigenvalue weighted by atomic mass is 10.1. The van der Waals surface area contributed by atoms with Gasteiger partial charge in [-0.15, -0.1) is 11.3 Å². The summed E-state index contributed by atoms with van der Waals surface area (Å²) in [6, 6.07) is 7.02. The third-order valence-corrected chi connectivity index (χ3v) is 4.34. The van der Waals surface area contributed by atoms with Crippen molar-refractivity contribution in [3.05, 3.63) is 52.3 Å². The van der Waals surface area contributed by atoms with Crippen molar-refractivity contribution < 1.29 is 4.79 Å². The second-order valence-corrected chi connectivity index (χ2v) is 5.95. The molecule has 6 heteroatoms. The first kappa shape index (κ1) is 14.0. The Morgan fingerprint density at radius 3 is 2.81 bits per heavy atom. The molecule has 2 heterocycles. The molecule has 0 radical (unpaired) electrons. The van der Waals surface area contributed by atoms with Gasteiger partial charge in [-0.25, -0.2) is 9.97 Å². The normalized spacial score (nSPS) is 10.8. The van der Waals surface area contributed by atoms with E-state index in [0.29, 0.717) is 5.02 Å². The molecule has 0 aliphatic heterocycles. The first-order chi connectivity index (χ1) is 10.1. The molecule has 3 aromatic rings. The second-order valence-electron chi connectivity index (χ2n) is 4.65. The molecule has 0 saturated carbocycles. The van der Waals surface area contributed by atoms with Crippen LogP contribution in [0, 0.1) is 6.92 Å². The molecule has 0 atom stereocenters. The van der Waals surface area contributed by atoms with Crippen molar-refractivity contribution in [2.45, 2.75) is 13.3 Å². The van der Waals surface area contributed by atoms with Gasteiger partial charge in [0.25, 0.3) is 0 Å². The molecule has 0 fully saturated rings. The lowest BCUT2D eigenvalue weighted by Crippen LogP contribution is -2.15. The summed E-state index contributed by atoms with van der Waals surface area (Å²) in [5, 5.41) is 6.49. The Morgan fingerprint density at radius 2 is 2.05 bits per heavy atom. The van der Waals surface area contributed by atoms with E-state index >= 15 is 0 Å². The van der Waals surface area contributed by atoms with Crippen LogP contribution in [0.1, 0.15) is 11.3 Å². The third-order valence-electron chi connectivity index (χ3n) is 3.09. The molecule has 0 saturated heterocycles. The number of hydrogen-bond acceptors (Lipinski definition) is 4. The van der Waals surface area contributed by atoms with Gasteiger partial charge in [-0.3, -0.25) is 4.79 Å². The van der Waals surface area contributed by atoms with Crippen molar-refractivity contribution in [3.63, 3.8) is 0 Å². The van der Waals surface area contributed by atoms with Crippen LogP contribution in [-0.2, 0) is 11.2 Å². The minimum Gasteiger partial charge on any atom is -0.326 e. The van der Waals surface area contributed by atoms with Crippen LogP contribution < -0.4 is 5.32 Å². The number of amides is 1. The second kappa shape index (κ2) is 5.79. The summed E-state index contributed by atoms with van der Waals surface area (Å²) in [5.41, 5.74) is 2.58. The fraction of sp³-hybridized carbons (Fsp3) is 0.133. The van der Waals surface area contributed by atoms with Crippen molar-refractivity contribution in [1.82, 2.24) is 9.97 Å². The highest BCUT2D eigenvalue weighted by atomic mass is 35.5. The van der Waals surface area contributed by atoms with Gasteiger partial charge in [0.15, 0.2) is 0 Å². The van der Waals surface area contributed by atoms with Crippen LogP contribution in [0.25, 0.3) is 10.2 Å². The van der Waals surface area contributed by atoms with Gasteiger partial charge in [-0.05, 0) is 42.1 Å². The number of anilines is 1. The largest absolute Gasteiger partial charge is 0.326 e. The van der Waals surface area contributed by atoms with E-state index in [9.17, 15) is 4.79 Å². The van der Waals surface area contributed by atoms with Crippen LogP contribution in [0.2, 0.25) is 5.02 Å². The van der Waals surface area contributed by atoms with E-state index in [2.05, 4.69) is 15.3 Å². The number of nitrogens with one attached hydrogen (secondary N) is 1. The van der Waals surface area contributed by atoms with Crippen LogP contribution in [-0.4, -0.2) is 15.9 Å². The zero-order chi connectivity index (χ0) is 14.8. The Morgan fingerprint density at radius 1 is 1.29 bits per heavy atom. The third kappa shape index (κ3) is 3.04. The maximum Gasteiger partial charge on any atom is 0.230 e. The number of carbonyl (C=O) groups excluding carboxylic acids is 1. The summed E-state index contributed by atoms with van der Waals surface area (Å²) in [5.74, 6) is -0.108. The highest BCUT2D eigenvalue weighted by molar-refractivity contribution is 7.16. The highest BCUT2D eigenvalue weighted by Crippen LogP contribution is 2.25. The quantitative estimate of drug-likeness (QED) is 0.798. The zero-order valence-corrected chi connectivity index (χ0v) is 12.8. The minimum atomic E-state index is -0.108. The van der Waals surface area contributed by atoms with Crippen molar-refractivity contribution >= 4 is 44.7 Å². The topological polar surface area (TPSA) is 54.9 Å². The smallest absolute Gasteiger partial charge is 0.230 e. The van der Waals surface area contributed by atoms with E-state index < -0.39 is 0 Å². The number of rotatable bonds is 3. The molecule has 1 aromatic carbocycles. The number of fused-ring (bicyclic) bond motifs is 1. The standard InChI is InChI=1S/C15H12ClN3OS/c1-9-7-21-15-14(9)12(17-8-18-15)6-13(20)19-11-4-2-10(16)3-5-11/h2-5,7-8H,6H2,1H3,(H,19,20). The molecule has 0 unspecified atom stereocenters. The van der Waals surface area contributed by atoms with Crippen molar-refractivity contribution in [3.8, 4) is 0 Å². The Balaban J connectivity index is 1.80. The average Bonchev–Trinajstić information content (AvgIpc) is 2.84. The molecule has 1 amide bonds. The van der Waals surface area contributed by atoms with Crippen LogP contribution in [0.3, 0.4) is 0 Å². The van der Waals surface area contributed by atoms with Crippen LogP contribution in [0.4, 0.5) is 5.69 Å². The van der Waals surface area contributed by atoms with E-state index in [1.165, 1.54) is 6.33 Å². The molecule has 0 spiro atoms. The lowest BCUT2D eigenvalue weighted by Gasteiger charge is -2.06. The Bertz CT molecular complexity index is 798. The number of halogens is 1. The monoisotopic (exact) mass is 317 g/mol. The molecule has 2 aromatic heterocycles. The maximum atomic E-state index is 12.1. The highest BCUT2D eigenvalue weighted by Gasteiger charge is 2.12. The number of nitrogens with zero attached hydrogens (tertiary/aromatic N) is 2. The summed E-state index contributed by atoms with van der Waals surface area (Å²) in [4.78, 5) is 21.5. The Labute approximate surface area is 130 Å². The van der Waals surface area contributed by atoms with Crippen LogP contribution in [0.15, 0.2) is 36.0 Å². The molecular weight excluding hydrogens is 306 g/mol. The lowest BCUT2D eigenvalue weighted by molar-refractivity contribution is -0.115. The maximum absolute atomic E-state index is 12.1. The fourth-order valence-corrected chi connectivity index (χ4v) is 3.15. The van der Waals surface area contributed by atoms with Gasteiger partial charge >= 0.3 is 0 Å². The van der Waals surface area contributed by atoms with E-state index in [1.807, 2.05) is 12.3 Å². The molecule has 0 aliphatic rings. The number of hydrogen-bond donors (Lipinski definition) is 1. The first-order valence-corrected chi connectivity index (χ1v) is 7.62. The summed E-state index contributed by atoms with van der Waals surface area (Å²) < 4.78 is 0. The van der Waals surface area contributed by atoms with E-state index in [-0.39, 0.29) is 12.3 Å². The predicted molar refractivity (Wildman–Crippen MR) is 85.9 cm³/mol. The predicted octanol–water partition coefficient (Wildman–Crippen LogP) is 3.83. The molecule has 21 heavy (non-hydrogen) atoms. The van der Waals surface area contributed by atoms with Gasteiger partial charge in [0.2, 0.25) is 5.91 Å².